The lowest BCUT2D eigenvalue weighted by molar-refractivity contribution is -0.140. The molecule has 2 aliphatic heterocycles. The Labute approximate surface area is 337 Å². The number of carbonyl (C=O) groups is 4. The van der Waals surface area contributed by atoms with Crippen molar-refractivity contribution in [2.45, 2.75) is 77.0 Å². The van der Waals surface area contributed by atoms with Crippen LogP contribution in [-0.2, 0) is 35.1 Å². The Morgan fingerprint density at radius 3 is 2.25 bits per heavy atom. The predicted octanol–water partition coefficient (Wildman–Crippen LogP) is 1.73. The van der Waals surface area contributed by atoms with E-state index in [1.54, 1.807) is 11.9 Å². The first-order valence-corrected chi connectivity index (χ1v) is 20.6. The number of fused-ring (bicyclic) bond motifs is 1. The van der Waals surface area contributed by atoms with Gasteiger partial charge in [-0.2, -0.15) is 0 Å². The maximum atomic E-state index is 14.4. The number of unbranched alkanes of at least 4 members (excludes halogenated alkanes) is 1. The summed E-state index contributed by atoms with van der Waals surface area (Å²) in [5, 5.41) is 28.8. The number of rotatable bonds is 21. The normalized spacial score (nSPS) is 17.1. The van der Waals surface area contributed by atoms with Gasteiger partial charge in [-0.15, -0.1) is 0 Å². The molecule has 56 heavy (non-hydrogen) atoms. The van der Waals surface area contributed by atoms with Crippen molar-refractivity contribution in [3.63, 3.8) is 0 Å². The largest absolute Gasteiger partial charge is 0.390 e. The van der Waals surface area contributed by atoms with Gasteiger partial charge in [0.2, 0.25) is 23.6 Å². The van der Waals surface area contributed by atoms with Crippen molar-refractivity contribution < 1.29 is 33.8 Å². The Kier molecular flexibility index (Phi) is 19.2. The van der Waals surface area contributed by atoms with Crippen LogP contribution in [0.3, 0.4) is 0 Å². The van der Waals surface area contributed by atoms with Crippen LogP contribution in [-0.4, -0.2) is 141 Å². The maximum absolute atomic E-state index is 14.4. The van der Waals surface area contributed by atoms with E-state index >= 15 is 0 Å². The summed E-state index contributed by atoms with van der Waals surface area (Å²) in [6.45, 7) is 10.5. The number of amides is 4. The zero-order valence-electron chi connectivity index (χ0n) is 33.4. The number of aliphatic hydroxyl groups excluding tert-OH is 1. The van der Waals surface area contributed by atoms with Gasteiger partial charge in [-0.1, -0.05) is 56.3 Å². The second-order valence-electron chi connectivity index (χ2n) is 15.1. The molecule has 4 rings (SSSR count). The van der Waals surface area contributed by atoms with Gasteiger partial charge in [0.15, 0.2) is 5.11 Å². The van der Waals surface area contributed by atoms with Gasteiger partial charge in [-0.25, -0.2) is 0 Å². The van der Waals surface area contributed by atoms with E-state index < -0.39 is 35.9 Å². The van der Waals surface area contributed by atoms with E-state index in [9.17, 15) is 24.3 Å². The standard InChI is InChI=1S/C41H63N7O7S/c1-29(2)25-35(36(49)28-37(50)43-15-16-47-17-21-54-22-18-47)46-40(53)34(13-6-7-14-44-41(56)42-3)45-39(52)32(27-38(51)48-19-23-55-24-20-48)26-31-11-8-10-30-9-4-5-12-33(30)31/h4-5,8-12,29,32,34-36,49H,6-7,13-28H2,1-3H3,(H,43,50)(H,45,52)(H,46,53)(H2,42,44,56). The summed E-state index contributed by atoms with van der Waals surface area (Å²) in [6.07, 6.45) is 0.973. The molecular formula is C41H63N7O7S. The van der Waals surface area contributed by atoms with E-state index in [0.717, 1.165) is 29.4 Å². The molecule has 2 aromatic rings. The van der Waals surface area contributed by atoms with Gasteiger partial charge >= 0.3 is 0 Å². The molecule has 4 atom stereocenters. The molecule has 0 bridgehead atoms. The third kappa shape index (κ3) is 15.2. The Balaban J connectivity index is 1.49. The number of hydrogen-bond donors (Lipinski definition) is 6. The molecule has 0 saturated carbocycles. The van der Waals surface area contributed by atoms with Crippen molar-refractivity contribution in [3.8, 4) is 0 Å². The summed E-state index contributed by atoms with van der Waals surface area (Å²) < 4.78 is 10.8. The predicted molar refractivity (Wildman–Crippen MR) is 221 cm³/mol. The van der Waals surface area contributed by atoms with E-state index in [1.807, 2.05) is 56.3 Å². The molecule has 0 spiro atoms. The van der Waals surface area contributed by atoms with Crippen molar-refractivity contribution in [3.05, 3.63) is 48.0 Å². The minimum absolute atomic E-state index is 0.0237. The molecular weight excluding hydrogens is 735 g/mol. The number of nitrogens with zero attached hydrogens (tertiary/aromatic N) is 2. The van der Waals surface area contributed by atoms with E-state index in [4.69, 9.17) is 21.7 Å². The average Bonchev–Trinajstić information content (AvgIpc) is 3.20. The molecule has 0 radical (unpaired) electrons. The highest BCUT2D eigenvalue weighted by Gasteiger charge is 2.32. The van der Waals surface area contributed by atoms with Crippen molar-refractivity contribution >= 4 is 51.7 Å². The topological polar surface area (TPSA) is 174 Å². The summed E-state index contributed by atoms with van der Waals surface area (Å²) in [7, 11) is 1.74. The zero-order chi connectivity index (χ0) is 40.3. The molecule has 6 N–H and O–H groups in total. The number of nitrogens with one attached hydrogen (secondary N) is 5. The first-order valence-electron chi connectivity index (χ1n) is 20.2. The lowest BCUT2D eigenvalue weighted by Gasteiger charge is -2.30. The summed E-state index contributed by atoms with van der Waals surface area (Å²) >= 11 is 5.20. The number of hydrogen-bond acceptors (Lipinski definition) is 9. The molecule has 2 fully saturated rings. The number of ether oxygens (including phenoxy) is 2. The zero-order valence-corrected chi connectivity index (χ0v) is 34.2. The maximum Gasteiger partial charge on any atom is 0.242 e. The molecule has 4 unspecified atom stereocenters. The van der Waals surface area contributed by atoms with Crippen LogP contribution in [0.4, 0.5) is 0 Å². The van der Waals surface area contributed by atoms with Crippen molar-refractivity contribution in [1.82, 2.24) is 36.4 Å². The number of benzene rings is 2. The smallest absolute Gasteiger partial charge is 0.242 e. The van der Waals surface area contributed by atoms with Gasteiger partial charge in [0.05, 0.1) is 50.9 Å². The van der Waals surface area contributed by atoms with Gasteiger partial charge < -0.3 is 46.1 Å². The van der Waals surface area contributed by atoms with E-state index in [2.05, 4.69) is 31.5 Å². The second kappa shape index (κ2) is 24.0. The quantitative estimate of drug-likeness (QED) is 0.0803. The van der Waals surface area contributed by atoms with Gasteiger partial charge in [0, 0.05) is 59.3 Å². The number of aliphatic hydroxyl groups is 1. The van der Waals surface area contributed by atoms with Crippen molar-refractivity contribution in [2.24, 2.45) is 11.8 Å². The highest BCUT2D eigenvalue weighted by molar-refractivity contribution is 7.80. The molecule has 4 amide bonds. The van der Waals surface area contributed by atoms with E-state index in [1.165, 1.54) is 0 Å². The van der Waals surface area contributed by atoms with E-state index in [-0.39, 0.29) is 30.6 Å². The molecule has 2 aromatic carbocycles. The van der Waals surface area contributed by atoms with Gasteiger partial charge in [-0.05, 0) is 66.6 Å². The molecule has 14 nitrogen and oxygen atoms in total. The highest BCUT2D eigenvalue weighted by Crippen LogP contribution is 2.24. The third-order valence-corrected chi connectivity index (χ3v) is 10.7. The van der Waals surface area contributed by atoms with Gasteiger partial charge in [0.1, 0.15) is 6.04 Å². The van der Waals surface area contributed by atoms with Crippen LogP contribution in [0, 0.1) is 11.8 Å². The lowest BCUT2D eigenvalue weighted by Crippen LogP contribution is -2.54. The summed E-state index contributed by atoms with van der Waals surface area (Å²) in [5.41, 5.74) is 0.939. The summed E-state index contributed by atoms with van der Waals surface area (Å²) in [4.78, 5) is 58.9. The van der Waals surface area contributed by atoms with Crippen LogP contribution >= 0.6 is 12.2 Å². The van der Waals surface area contributed by atoms with Crippen molar-refractivity contribution in [1.29, 1.82) is 0 Å². The fourth-order valence-corrected chi connectivity index (χ4v) is 7.26. The van der Waals surface area contributed by atoms with Crippen molar-refractivity contribution in [2.75, 3.05) is 79.3 Å². The SMILES string of the molecule is CNC(=S)NCCCCC(NC(=O)C(CC(=O)N1CCOCC1)Cc1cccc2ccccc12)C(=O)NC(CC(C)C)C(O)CC(=O)NCCN1CCOCC1. The first kappa shape index (κ1) is 44.8. The second-order valence-corrected chi connectivity index (χ2v) is 15.5. The molecule has 2 heterocycles. The van der Waals surface area contributed by atoms with Gasteiger partial charge in [-0.3, -0.25) is 24.1 Å². The Hall–Kier alpha value is -3.89. The Bertz CT molecular complexity index is 1560. The van der Waals surface area contributed by atoms with Crippen LogP contribution in [0.15, 0.2) is 42.5 Å². The Morgan fingerprint density at radius 2 is 1.54 bits per heavy atom. The average molecular weight is 798 g/mol. The first-order chi connectivity index (χ1) is 27.0. The number of thiocarbonyl (C=S) groups is 1. The molecule has 0 aliphatic carbocycles. The Morgan fingerprint density at radius 1 is 0.839 bits per heavy atom. The summed E-state index contributed by atoms with van der Waals surface area (Å²) in [5.74, 6) is -1.92. The minimum Gasteiger partial charge on any atom is -0.390 e. The van der Waals surface area contributed by atoms with Crippen LogP contribution < -0.4 is 26.6 Å². The lowest BCUT2D eigenvalue weighted by atomic mass is 9.91. The molecule has 2 saturated heterocycles. The van der Waals surface area contributed by atoms with E-state index in [0.29, 0.717) is 96.4 Å². The minimum atomic E-state index is -1.14. The number of morpholine rings is 2. The van der Waals surface area contributed by atoms with Crippen LogP contribution in [0.1, 0.15) is 57.9 Å². The molecule has 2 aliphatic rings. The third-order valence-electron chi connectivity index (χ3n) is 10.3. The highest BCUT2D eigenvalue weighted by atomic mass is 32.1. The number of carbonyl (C=O) groups excluding carboxylic acids is 4. The van der Waals surface area contributed by atoms with Crippen LogP contribution in [0.5, 0.6) is 0 Å². The fourth-order valence-electron chi connectivity index (χ4n) is 7.15. The summed E-state index contributed by atoms with van der Waals surface area (Å²) in [6, 6.07) is 12.2. The molecule has 0 aromatic heterocycles. The monoisotopic (exact) mass is 797 g/mol. The van der Waals surface area contributed by atoms with Gasteiger partial charge in [0.25, 0.3) is 0 Å². The molecule has 15 heteroatoms. The van der Waals surface area contributed by atoms with Crippen LogP contribution in [0.2, 0.25) is 0 Å². The van der Waals surface area contributed by atoms with Crippen LogP contribution in [0.25, 0.3) is 10.8 Å². The molecule has 310 valence electrons. The fraction of sp³-hybridized carbons (Fsp3) is 0.634.